The molecule has 3 rings (SSSR count). The molecule has 0 aliphatic carbocycles. The minimum atomic E-state index is -4.13. The fraction of sp³-hybridized carbons (Fsp3) is 0.444. The Morgan fingerprint density at radius 1 is 1.15 bits per heavy atom. The van der Waals surface area contributed by atoms with Gasteiger partial charge >= 0.3 is 6.18 Å². The summed E-state index contributed by atoms with van der Waals surface area (Å²) >= 11 is 0. The molecule has 2 aromatic rings. The molecule has 1 unspecified atom stereocenters. The van der Waals surface area contributed by atoms with E-state index in [2.05, 4.69) is 15.3 Å². The van der Waals surface area contributed by atoms with Gasteiger partial charge in [0.15, 0.2) is 0 Å². The number of aliphatic hydroxyl groups is 1. The minimum absolute atomic E-state index is 0.0724. The van der Waals surface area contributed by atoms with E-state index in [9.17, 15) is 18.3 Å². The van der Waals surface area contributed by atoms with Gasteiger partial charge in [0.2, 0.25) is 0 Å². The van der Waals surface area contributed by atoms with Crippen LogP contribution in [0.5, 0.6) is 0 Å². The number of halogens is 3. The molecule has 26 heavy (non-hydrogen) atoms. The highest BCUT2D eigenvalue weighted by molar-refractivity contribution is 5.48. The van der Waals surface area contributed by atoms with Gasteiger partial charge < -0.3 is 15.3 Å². The molecule has 1 aliphatic heterocycles. The van der Waals surface area contributed by atoms with E-state index in [1.165, 1.54) is 6.33 Å². The van der Waals surface area contributed by atoms with Crippen molar-refractivity contribution in [2.24, 2.45) is 5.92 Å². The van der Waals surface area contributed by atoms with Crippen LogP contribution in [0.4, 0.5) is 24.8 Å². The lowest BCUT2D eigenvalue weighted by Crippen LogP contribution is -2.39. The van der Waals surface area contributed by atoms with Crippen LogP contribution in [0.3, 0.4) is 0 Å². The summed E-state index contributed by atoms with van der Waals surface area (Å²) < 4.78 is 38.3. The van der Waals surface area contributed by atoms with Crippen molar-refractivity contribution in [2.75, 3.05) is 29.9 Å². The third kappa shape index (κ3) is 4.63. The summed E-state index contributed by atoms with van der Waals surface area (Å²) in [5.41, 5.74) is 0.795. The lowest BCUT2D eigenvalue weighted by molar-refractivity contribution is -0.179. The molecular weight excluding hydrogens is 345 g/mol. The van der Waals surface area contributed by atoms with Gasteiger partial charge in [0.25, 0.3) is 0 Å². The first-order chi connectivity index (χ1) is 12.4. The molecule has 1 saturated heterocycles. The van der Waals surface area contributed by atoms with Crippen LogP contribution in [-0.2, 0) is 0 Å². The van der Waals surface area contributed by atoms with Gasteiger partial charge in [-0.25, -0.2) is 9.97 Å². The number of hydrogen-bond donors (Lipinski definition) is 2. The highest BCUT2D eigenvalue weighted by atomic mass is 19.4. The third-order valence-electron chi connectivity index (χ3n) is 4.60. The number of piperidine rings is 1. The Hall–Kier alpha value is -2.35. The van der Waals surface area contributed by atoms with Gasteiger partial charge in [-0.1, -0.05) is 30.3 Å². The van der Waals surface area contributed by atoms with Gasteiger partial charge in [-0.3, -0.25) is 0 Å². The van der Waals surface area contributed by atoms with Crippen LogP contribution >= 0.6 is 0 Å². The number of nitrogens with one attached hydrogen (secondary N) is 1. The van der Waals surface area contributed by atoms with Crippen LogP contribution in [-0.4, -0.2) is 40.9 Å². The molecule has 0 radical (unpaired) electrons. The molecule has 1 fully saturated rings. The molecule has 0 saturated carbocycles. The van der Waals surface area contributed by atoms with E-state index < -0.39 is 18.2 Å². The summed E-state index contributed by atoms with van der Waals surface area (Å²) in [5, 5.41) is 13.2. The SMILES string of the molecule is OC(CNc1cc(N2CCC(C(F)(F)F)CC2)ncn1)c1ccccc1. The number of benzene rings is 1. The topological polar surface area (TPSA) is 61.3 Å². The fourth-order valence-electron chi connectivity index (χ4n) is 3.05. The smallest absolute Gasteiger partial charge is 0.387 e. The maximum absolute atomic E-state index is 12.8. The van der Waals surface area contributed by atoms with Crippen molar-refractivity contribution in [1.29, 1.82) is 0 Å². The molecule has 1 aromatic carbocycles. The predicted octanol–water partition coefficient (Wildman–Crippen LogP) is 3.40. The third-order valence-corrected chi connectivity index (χ3v) is 4.60. The first kappa shape index (κ1) is 18.4. The molecule has 8 heteroatoms. The van der Waals surface area contributed by atoms with Crippen LogP contribution in [0.2, 0.25) is 0 Å². The van der Waals surface area contributed by atoms with E-state index in [0.29, 0.717) is 24.7 Å². The van der Waals surface area contributed by atoms with Gasteiger partial charge in [0.05, 0.1) is 12.0 Å². The van der Waals surface area contributed by atoms with Gasteiger partial charge in [-0.05, 0) is 18.4 Å². The van der Waals surface area contributed by atoms with Crippen LogP contribution in [0.1, 0.15) is 24.5 Å². The maximum atomic E-state index is 12.8. The van der Waals surface area contributed by atoms with Gasteiger partial charge in [-0.2, -0.15) is 13.2 Å². The number of rotatable bonds is 5. The van der Waals surface area contributed by atoms with Gasteiger partial charge in [0.1, 0.15) is 18.0 Å². The Morgan fingerprint density at radius 3 is 2.50 bits per heavy atom. The molecule has 2 heterocycles. The van der Waals surface area contributed by atoms with Crippen LogP contribution < -0.4 is 10.2 Å². The molecule has 0 bridgehead atoms. The highest BCUT2D eigenvalue weighted by Crippen LogP contribution is 2.35. The molecule has 1 atom stereocenters. The van der Waals surface area contributed by atoms with Gasteiger partial charge in [-0.15, -0.1) is 0 Å². The average Bonchev–Trinajstić information content (AvgIpc) is 2.66. The summed E-state index contributed by atoms with van der Waals surface area (Å²) in [5.74, 6) is -0.112. The van der Waals surface area contributed by atoms with Crippen molar-refractivity contribution in [3.8, 4) is 0 Å². The summed E-state index contributed by atoms with van der Waals surface area (Å²) in [6, 6.07) is 11.0. The quantitative estimate of drug-likeness (QED) is 0.849. The number of aliphatic hydroxyl groups excluding tert-OH is 1. The Labute approximate surface area is 149 Å². The van der Waals surface area contributed by atoms with E-state index in [1.807, 2.05) is 35.2 Å². The number of nitrogens with zero attached hydrogens (tertiary/aromatic N) is 3. The molecule has 5 nitrogen and oxygen atoms in total. The van der Waals surface area contributed by atoms with Crippen LogP contribution in [0, 0.1) is 5.92 Å². The second-order valence-electron chi connectivity index (χ2n) is 6.37. The zero-order valence-corrected chi connectivity index (χ0v) is 14.2. The number of alkyl halides is 3. The second kappa shape index (κ2) is 7.90. The van der Waals surface area contributed by atoms with E-state index in [-0.39, 0.29) is 19.4 Å². The average molecular weight is 366 g/mol. The van der Waals surface area contributed by atoms with E-state index in [0.717, 1.165) is 5.56 Å². The Bertz CT molecular complexity index is 703. The van der Waals surface area contributed by atoms with Crippen molar-refractivity contribution in [1.82, 2.24) is 9.97 Å². The Morgan fingerprint density at radius 2 is 1.85 bits per heavy atom. The molecule has 140 valence electrons. The minimum Gasteiger partial charge on any atom is -0.387 e. The first-order valence-electron chi connectivity index (χ1n) is 8.54. The monoisotopic (exact) mass is 366 g/mol. The predicted molar refractivity (Wildman–Crippen MR) is 92.9 cm³/mol. The summed E-state index contributed by atoms with van der Waals surface area (Å²) in [6.07, 6.45) is -3.29. The Balaban J connectivity index is 1.57. The van der Waals surface area contributed by atoms with Crippen LogP contribution in [0.15, 0.2) is 42.7 Å². The number of hydrogen-bond acceptors (Lipinski definition) is 5. The van der Waals surface area contributed by atoms with Crippen molar-refractivity contribution in [2.45, 2.75) is 25.1 Å². The van der Waals surface area contributed by atoms with Crippen molar-refractivity contribution >= 4 is 11.6 Å². The summed E-state index contributed by atoms with van der Waals surface area (Å²) in [4.78, 5) is 10.1. The van der Waals surface area contributed by atoms with Crippen LogP contribution in [0.25, 0.3) is 0 Å². The molecule has 2 N–H and O–H groups in total. The molecule has 1 aliphatic rings. The zero-order valence-electron chi connectivity index (χ0n) is 14.2. The lowest BCUT2D eigenvalue weighted by atomic mass is 9.96. The Kier molecular flexibility index (Phi) is 5.61. The van der Waals surface area contributed by atoms with E-state index in [1.54, 1.807) is 6.07 Å². The molecule has 0 amide bonds. The standard InChI is InChI=1S/C18H21F3N4O/c19-18(20,21)14-6-8-25(9-7-14)17-10-16(23-12-24-17)22-11-15(26)13-4-2-1-3-5-13/h1-5,10,12,14-15,26H,6-9,11H2,(H,22,23,24). The maximum Gasteiger partial charge on any atom is 0.391 e. The normalized spacial score (nSPS) is 17.2. The van der Waals surface area contributed by atoms with Gasteiger partial charge in [0, 0.05) is 25.7 Å². The fourth-order valence-corrected chi connectivity index (χ4v) is 3.05. The molecular formula is C18H21F3N4O. The van der Waals surface area contributed by atoms with E-state index in [4.69, 9.17) is 0 Å². The van der Waals surface area contributed by atoms with Crippen molar-refractivity contribution in [3.63, 3.8) is 0 Å². The van der Waals surface area contributed by atoms with Crippen molar-refractivity contribution in [3.05, 3.63) is 48.3 Å². The number of aromatic nitrogens is 2. The first-order valence-corrected chi connectivity index (χ1v) is 8.54. The zero-order chi connectivity index (χ0) is 18.6. The lowest BCUT2D eigenvalue weighted by Gasteiger charge is -2.33. The highest BCUT2D eigenvalue weighted by Gasteiger charge is 2.41. The second-order valence-corrected chi connectivity index (χ2v) is 6.37. The number of anilines is 2. The summed E-state index contributed by atoms with van der Waals surface area (Å²) in [7, 11) is 0. The molecule has 0 spiro atoms. The van der Waals surface area contributed by atoms with E-state index >= 15 is 0 Å². The van der Waals surface area contributed by atoms with Crippen molar-refractivity contribution < 1.29 is 18.3 Å². The largest absolute Gasteiger partial charge is 0.391 e. The molecule has 1 aromatic heterocycles. The summed E-state index contributed by atoms with van der Waals surface area (Å²) in [6.45, 7) is 0.900.